The number of rotatable bonds is 4. The summed E-state index contributed by atoms with van der Waals surface area (Å²) in [5, 5.41) is 0. The van der Waals surface area contributed by atoms with E-state index in [1.54, 1.807) is 12.1 Å². The smallest absolute Gasteiger partial charge is 0.309 e. The van der Waals surface area contributed by atoms with Gasteiger partial charge in [-0.3, -0.25) is 0 Å². The van der Waals surface area contributed by atoms with Gasteiger partial charge in [-0.15, -0.1) is 0 Å². The van der Waals surface area contributed by atoms with Crippen LogP contribution in [0.15, 0.2) is 121 Å². The lowest BCUT2D eigenvalue weighted by molar-refractivity contribution is -0.137. The van der Waals surface area contributed by atoms with Crippen LogP contribution in [0.1, 0.15) is 5.56 Å². The summed E-state index contributed by atoms with van der Waals surface area (Å²) in [7, 11) is 0. The molecule has 1 nitrogen and oxygen atoms in total. The average Bonchev–Trinajstić information content (AvgIpc) is 3.26. The highest BCUT2D eigenvalue weighted by molar-refractivity contribution is 5.88. The van der Waals surface area contributed by atoms with Crippen molar-refractivity contribution in [3.8, 4) is 39.3 Å². The molecule has 1 aromatic heterocycles. The molecular weight excluding hydrogens is 419 g/mol. The van der Waals surface area contributed by atoms with E-state index in [1.807, 2.05) is 91.0 Å². The summed E-state index contributed by atoms with van der Waals surface area (Å²) in [6, 6.07) is 37.4. The summed E-state index contributed by atoms with van der Waals surface area (Å²) in [6.45, 7) is 0. The minimum absolute atomic E-state index is 0.659. The first-order valence-corrected chi connectivity index (χ1v) is 10.6. The molecule has 0 amide bonds. The van der Waals surface area contributed by atoms with Gasteiger partial charge in [0.25, 0.3) is 0 Å². The summed E-state index contributed by atoms with van der Waals surface area (Å²) in [5.74, 6) is 0. The van der Waals surface area contributed by atoms with Gasteiger partial charge in [0.15, 0.2) is 0 Å². The molecule has 4 heteroatoms. The molecule has 5 aromatic rings. The second kappa shape index (κ2) is 8.47. The van der Waals surface area contributed by atoms with E-state index < -0.39 is 11.7 Å². The first-order valence-electron chi connectivity index (χ1n) is 10.6. The molecule has 0 aliphatic carbocycles. The third-order valence-corrected chi connectivity index (χ3v) is 5.66. The molecule has 1 heterocycles. The van der Waals surface area contributed by atoms with Crippen molar-refractivity contribution in [2.75, 3.05) is 0 Å². The van der Waals surface area contributed by atoms with Gasteiger partial charge < -0.3 is 4.57 Å². The minimum atomic E-state index is -4.38. The Morgan fingerprint density at radius 3 is 1.58 bits per heavy atom. The van der Waals surface area contributed by atoms with Crippen LogP contribution in [0.4, 0.5) is 13.2 Å². The number of halogens is 3. The molecule has 0 N–H and O–H groups in total. The lowest BCUT2D eigenvalue weighted by atomic mass is 10.00. The van der Waals surface area contributed by atoms with Gasteiger partial charge in [-0.2, -0.15) is 13.2 Å². The second-order valence-corrected chi connectivity index (χ2v) is 7.77. The second-order valence-electron chi connectivity index (χ2n) is 7.77. The third-order valence-electron chi connectivity index (χ3n) is 5.66. The zero-order chi connectivity index (χ0) is 22.8. The molecule has 4 aromatic carbocycles. The zero-order valence-electron chi connectivity index (χ0n) is 17.6. The number of para-hydroxylation sites is 1. The van der Waals surface area contributed by atoms with Crippen molar-refractivity contribution in [3.05, 3.63) is 127 Å². The van der Waals surface area contributed by atoms with Gasteiger partial charge in [0.2, 0.25) is 0 Å². The minimum Gasteiger partial charge on any atom is -0.309 e. The number of benzene rings is 4. The number of hydrogen-bond acceptors (Lipinski definition) is 0. The largest absolute Gasteiger partial charge is 0.416 e. The molecule has 0 unspecified atom stereocenters. The van der Waals surface area contributed by atoms with Crippen LogP contribution in [0, 0.1) is 0 Å². The topological polar surface area (TPSA) is 4.93 Å². The predicted octanol–water partition coefficient (Wildman–Crippen LogP) is 8.50. The fourth-order valence-electron chi connectivity index (χ4n) is 4.12. The first-order chi connectivity index (χ1) is 16.0. The normalized spacial score (nSPS) is 11.5. The van der Waals surface area contributed by atoms with Crippen LogP contribution in [0.25, 0.3) is 39.3 Å². The maximum atomic E-state index is 13.2. The maximum Gasteiger partial charge on any atom is 0.416 e. The molecule has 0 saturated heterocycles. The van der Waals surface area contributed by atoms with Crippen LogP contribution < -0.4 is 0 Å². The van der Waals surface area contributed by atoms with Crippen molar-refractivity contribution < 1.29 is 13.2 Å². The van der Waals surface area contributed by atoms with E-state index in [0.717, 1.165) is 45.9 Å². The highest BCUT2D eigenvalue weighted by Crippen LogP contribution is 2.41. The Morgan fingerprint density at radius 2 is 1.03 bits per heavy atom. The fraction of sp³-hybridized carbons (Fsp3) is 0.0345. The number of aromatic nitrogens is 1. The van der Waals surface area contributed by atoms with Gasteiger partial charge in [-0.05, 0) is 47.0 Å². The molecule has 5 rings (SSSR count). The first kappa shape index (κ1) is 20.8. The van der Waals surface area contributed by atoms with Gasteiger partial charge >= 0.3 is 6.18 Å². The molecule has 0 spiro atoms. The van der Waals surface area contributed by atoms with Crippen LogP contribution in [0.3, 0.4) is 0 Å². The molecular formula is C29H20F3N. The molecule has 0 atom stereocenters. The fourth-order valence-corrected chi connectivity index (χ4v) is 4.12. The van der Waals surface area contributed by atoms with Crippen molar-refractivity contribution in [1.29, 1.82) is 0 Å². The van der Waals surface area contributed by atoms with Gasteiger partial charge in [0.1, 0.15) is 0 Å². The zero-order valence-corrected chi connectivity index (χ0v) is 17.6. The third kappa shape index (κ3) is 4.08. The highest BCUT2D eigenvalue weighted by Gasteiger charge is 2.30. The van der Waals surface area contributed by atoms with Gasteiger partial charge in [0.05, 0.1) is 17.0 Å². The van der Waals surface area contributed by atoms with Gasteiger partial charge in [-0.1, -0.05) is 91.0 Å². The summed E-state index contributed by atoms with van der Waals surface area (Å²) in [4.78, 5) is 0. The van der Waals surface area contributed by atoms with E-state index in [9.17, 15) is 13.2 Å². The molecule has 0 aliphatic rings. The Balaban J connectivity index is 1.83. The molecule has 0 radical (unpaired) electrons. The molecule has 33 heavy (non-hydrogen) atoms. The SMILES string of the molecule is FC(F)(F)c1ccc(-c2c(-c3ccccc3)cc(-c3ccccc3)n2-c2ccccc2)cc1. The van der Waals surface area contributed by atoms with E-state index >= 15 is 0 Å². The van der Waals surface area contributed by atoms with E-state index in [0.29, 0.717) is 5.56 Å². The van der Waals surface area contributed by atoms with E-state index in [4.69, 9.17) is 0 Å². The molecule has 0 bridgehead atoms. The van der Waals surface area contributed by atoms with E-state index in [1.165, 1.54) is 0 Å². The lowest BCUT2D eigenvalue weighted by Crippen LogP contribution is -2.05. The van der Waals surface area contributed by atoms with Gasteiger partial charge in [-0.25, -0.2) is 0 Å². The summed E-state index contributed by atoms with van der Waals surface area (Å²) >= 11 is 0. The van der Waals surface area contributed by atoms with Crippen LogP contribution in [-0.4, -0.2) is 4.57 Å². The predicted molar refractivity (Wildman–Crippen MR) is 127 cm³/mol. The standard InChI is InChI=1S/C29H20F3N/c30-29(31,32)24-18-16-23(17-19-24)28-26(21-10-4-1-5-11-21)20-27(22-12-6-2-7-13-22)33(28)25-14-8-3-9-15-25/h1-20H. The van der Waals surface area contributed by atoms with Crippen molar-refractivity contribution in [2.45, 2.75) is 6.18 Å². The van der Waals surface area contributed by atoms with Crippen LogP contribution in [0.2, 0.25) is 0 Å². The summed E-state index contributed by atoms with van der Waals surface area (Å²) in [5.41, 5.74) is 5.79. The van der Waals surface area contributed by atoms with Crippen molar-refractivity contribution in [1.82, 2.24) is 4.57 Å². The van der Waals surface area contributed by atoms with Crippen LogP contribution >= 0.6 is 0 Å². The number of alkyl halides is 3. The Labute approximate surface area is 190 Å². The highest BCUT2D eigenvalue weighted by atomic mass is 19.4. The van der Waals surface area contributed by atoms with Gasteiger partial charge in [0, 0.05) is 11.3 Å². The molecule has 0 fully saturated rings. The monoisotopic (exact) mass is 439 g/mol. The lowest BCUT2D eigenvalue weighted by Gasteiger charge is -2.16. The van der Waals surface area contributed by atoms with E-state index in [2.05, 4.69) is 10.6 Å². The maximum absolute atomic E-state index is 13.2. The average molecular weight is 439 g/mol. The molecule has 0 aliphatic heterocycles. The van der Waals surface area contributed by atoms with Crippen molar-refractivity contribution >= 4 is 0 Å². The Kier molecular flexibility index (Phi) is 5.35. The Morgan fingerprint density at radius 1 is 0.515 bits per heavy atom. The quantitative estimate of drug-likeness (QED) is 0.265. The van der Waals surface area contributed by atoms with E-state index in [-0.39, 0.29) is 0 Å². The Hall–Kier alpha value is -4.05. The molecule has 162 valence electrons. The van der Waals surface area contributed by atoms with Crippen molar-refractivity contribution in [3.63, 3.8) is 0 Å². The number of hydrogen-bond donors (Lipinski definition) is 0. The van der Waals surface area contributed by atoms with Crippen LogP contribution in [-0.2, 0) is 6.18 Å². The Bertz CT molecular complexity index is 1350. The summed E-state index contributed by atoms with van der Waals surface area (Å²) < 4.78 is 41.8. The van der Waals surface area contributed by atoms with Crippen LogP contribution in [0.5, 0.6) is 0 Å². The van der Waals surface area contributed by atoms with Crippen molar-refractivity contribution in [2.24, 2.45) is 0 Å². The summed E-state index contributed by atoms with van der Waals surface area (Å²) in [6.07, 6.45) is -4.38. The molecule has 0 saturated carbocycles. The number of nitrogens with zero attached hydrogens (tertiary/aromatic N) is 1.